The summed E-state index contributed by atoms with van der Waals surface area (Å²) >= 11 is 0. The van der Waals surface area contributed by atoms with E-state index in [1.807, 2.05) is 51.1 Å². The smallest absolute Gasteiger partial charge is 0.251 e. The van der Waals surface area contributed by atoms with Crippen LogP contribution in [0.4, 0.5) is 5.69 Å². The van der Waals surface area contributed by atoms with Crippen molar-refractivity contribution in [3.8, 4) is 0 Å². The van der Waals surface area contributed by atoms with Crippen LogP contribution in [-0.2, 0) is 24.6 Å². The van der Waals surface area contributed by atoms with Crippen LogP contribution in [0.25, 0.3) is 0 Å². The van der Waals surface area contributed by atoms with Crippen molar-refractivity contribution in [3.05, 3.63) is 65.7 Å². The van der Waals surface area contributed by atoms with E-state index in [0.29, 0.717) is 36.9 Å². The van der Waals surface area contributed by atoms with Gasteiger partial charge in [-0.2, -0.15) is 0 Å². The quantitative estimate of drug-likeness (QED) is 0.536. The molecule has 1 heterocycles. The normalized spacial score (nSPS) is 19.0. The third-order valence-electron chi connectivity index (χ3n) is 6.07. The van der Waals surface area contributed by atoms with Crippen molar-refractivity contribution in [2.24, 2.45) is 5.92 Å². The van der Waals surface area contributed by atoms with Gasteiger partial charge in [0.1, 0.15) is 6.04 Å². The molecule has 7 heteroatoms. The van der Waals surface area contributed by atoms with Gasteiger partial charge in [0.25, 0.3) is 5.91 Å². The summed E-state index contributed by atoms with van der Waals surface area (Å²) in [4.78, 5) is 49.7. The average Bonchev–Trinajstić information content (AvgIpc) is 2.79. The van der Waals surface area contributed by atoms with E-state index in [9.17, 15) is 19.2 Å². The third kappa shape index (κ3) is 5.66. The lowest BCUT2D eigenvalue weighted by molar-refractivity contribution is -0.138. The van der Waals surface area contributed by atoms with E-state index in [1.165, 1.54) is 0 Å². The summed E-state index contributed by atoms with van der Waals surface area (Å²) in [5, 5.41) is 8.15. The number of nitrogens with one attached hydrogen (secondary N) is 3. The molecule has 0 radical (unpaired) electrons. The SMILES string of the molecule is CCC1(c2ccc(NC(=O)C(NC(=O)CC(C)C)c3ccccc3)cc2)CCC(=O)NC1=O. The molecule has 2 aromatic carbocycles. The molecule has 1 fully saturated rings. The van der Waals surface area contributed by atoms with E-state index in [0.717, 1.165) is 5.56 Å². The maximum atomic E-state index is 13.1. The third-order valence-corrected chi connectivity index (χ3v) is 6.07. The zero-order valence-electron chi connectivity index (χ0n) is 19.3. The molecule has 1 aliphatic rings. The number of carbonyl (C=O) groups is 4. The Bertz CT molecular complexity index is 1020. The van der Waals surface area contributed by atoms with Crippen LogP contribution in [0.5, 0.6) is 0 Å². The first-order valence-corrected chi connectivity index (χ1v) is 11.3. The second kappa shape index (κ2) is 10.4. The molecule has 4 amide bonds. The van der Waals surface area contributed by atoms with Crippen molar-refractivity contribution >= 4 is 29.3 Å². The summed E-state index contributed by atoms with van der Waals surface area (Å²) in [5.41, 5.74) is 1.30. The van der Waals surface area contributed by atoms with Crippen LogP contribution < -0.4 is 16.0 Å². The van der Waals surface area contributed by atoms with Crippen molar-refractivity contribution in [2.45, 2.75) is 57.9 Å². The number of carbonyl (C=O) groups excluding carboxylic acids is 4. The maximum Gasteiger partial charge on any atom is 0.251 e. The molecule has 0 aromatic heterocycles. The highest BCUT2D eigenvalue weighted by Crippen LogP contribution is 2.36. The maximum absolute atomic E-state index is 13.1. The summed E-state index contributed by atoms with van der Waals surface area (Å²) in [5.74, 6) is -0.894. The van der Waals surface area contributed by atoms with Gasteiger partial charge in [-0.3, -0.25) is 24.5 Å². The fourth-order valence-corrected chi connectivity index (χ4v) is 4.19. The molecule has 0 saturated carbocycles. The van der Waals surface area contributed by atoms with Gasteiger partial charge in [-0.1, -0.05) is 63.2 Å². The van der Waals surface area contributed by atoms with Crippen LogP contribution in [0.2, 0.25) is 0 Å². The Labute approximate surface area is 194 Å². The second-order valence-corrected chi connectivity index (χ2v) is 8.89. The second-order valence-electron chi connectivity index (χ2n) is 8.89. The lowest BCUT2D eigenvalue weighted by Gasteiger charge is -2.35. The molecule has 2 unspecified atom stereocenters. The molecule has 7 nitrogen and oxygen atoms in total. The van der Waals surface area contributed by atoms with Gasteiger partial charge in [-0.25, -0.2) is 0 Å². The number of hydrogen-bond acceptors (Lipinski definition) is 4. The predicted octanol–water partition coefficient (Wildman–Crippen LogP) is 3.61. The van der Waals surface area contributed by atoms with Crippen molar-refractivity contribution in [3.63, 3.8) is 0 Å². The van der Waals surface area contributed by atoms with E-state index in [1.54, 1.807) is 24.3 Å². The van der Waals surface area contributed by atoms with E-state index >= 15 is 0 Å². The molecule has 2 atom stereocenters. The van der Waals surface area contributed by atoms with Crippen molar-refractivity contribution in [1.29, 1.82) is 0 Å². The molecule has 2 aromatic rings. The first-order valence-electron chi connectivity index (χ1n) is 11.3. The Morgan fingerprint density at radius 3 is 2.27 bits per heavy atom. The monoisotopic (exact) mass is 449 g/mol. The minimum atomic E-state index is -0.825. The Kier molecular flexibility index (Phi) is 7.63. The number of amides is 4. The topological polar surface area (TPSA) is 104 Å². The van der Waals surface area contributed by atoms with Gasteiger partial charge in [0.2, 0.25) is 17.7 Å². The fourth-order valence-electron chi connectivity index (χ4n) is 4.19. The van der Waals surface area contributed by atoms with E-state index in [-0.39, 0.29) is 29.5 Å². The van der Waals surface area contributed by atoms with Gasteiger partial charge in [0.05, 0.1) is 5.41 Å². The molecule has 174 valence electrons. The van der Waals surface area contributed by atoms with Gasteiger partial charge >= 0.3 is 0 Å². The van der Waals surface area contributed by atoms with Crippen molar-refractivity contribution in [2.75, 3.05) is 5.32 Å². The standard InChI is InChI=1S/C26H31N3O4/c1-4-26(15-14-21(30)29-25(26)33)19-10-12-20(13-11-19)27-24(32)23(18-8-6-5-7-9-18)28-22(31)16-17(2)3/h5-13,17,23H,4,14-16H2,1-3H3,(H,27,32)(H,28,31)(H,29,30,33). The summed E-state index contributed by atoms with van der Waals surface area (Å²) in [6.07, 6.45) is 1.65. The van der Waals surface area contributed by atoms with E-state index in [2.05, 4.69) is 16.0 Å². The average molecular weight is 450 g/mol. The molecular weight excluding hydrogens is 418 g/mol. The predicted molar refractivity (Wildman–Crippen MR) is 126 cm³/mol. The van der Waals surface area contributed by atoms with Gasteiger partial charge in [-0.15, -0.1) is 0 Å². The van der Waals surface area contributed by atoms with Crippen molar-refractivity contribution < 1.29 is 19.2 Å². The van der Waals surface area contributed by atoms with Gasteiger partial charge in [0, 0.05) is 18.5 Å². The summed E-state index contributed by atoms with van der Waals surface area (Å²) in [6.45, 7) is 5.82. The van der Waals surface area contributed by atoms with Crippen LogP contribution in [0.1, 0.15) is 63.6 Å². The number of anilines is 1. The van der Waals surface area contributed by atoms with Crippen LogP contribution in [-0.4, -0.2) is 23.6 Å². The Hall–Kier alpha value is -3.48. The zero-order valence-corrected chi connectivity index (χ0v) is 19.3. The number of imide groups is 1. The minimum Gasteiger partial charge on any atom is -0.341 e. The number of hydrogen-bond donors (Lipinski definition) is 3. The van der Waals surface area contributed by atoms with Crippen LogP contribution in [0.3, 0.4) is 0 Å². The molecule has 1 aliphatic heterocycles. The van der Waals surface area contributed by atoms with Crippen LogP contribution >= 0.6 is 0 Å². The largest absolute Gasteiger partial charge is 0.341 e. The summed E-state index contributed by atoms with van der Waals surface area (Å²) < 4.78 is 0. The fraction of sp³-hybridized carbons (Fsp3) is 0.385. The first kappa shape index (κ1) is 24.2. The molecular formula is C26H31N3O4. The summed E-state index contributed by atoms with van der Waals surface area (Å²) in [7, 11) is 0. The summed E-state index contributed by atoms with van der Waals surface area (Å²) in [6, 6.07) is 15.4. The highest BCUT2D eigenvalue weighted by molar-refractivity contribution is 6.03. The zero-order chi connectivity index (χ0) is 24.0. The van der Waals surface area contributed by atoms with E-state index in [4.69, 9.17) is 0 Å². The number of piperidine rings is 1. The number of benzene rings is 2. The van der Waals surface area contributed by atoms with Gasteiger partial charge < -0.3 is 10.6 Å². The number of rotatable bonds is 8. The molecule has 3 N–H and O–H groups in total. The minimum absolute atomic E-state index is 0.176. The molecule has 33 heavy (non-hydrogen) atoms. The molecule has 0 aliphatic carbocycles. The molecule has 0 bridgehead atoms. The van der Waals surface area contributed by atoms with E-state index < -0.39 is 11.5 Å². The molecule has 3 rings (SSSR count). The molecule has 0 spiro atoms. The highest BCUT2D eigenvalue weighted by Gasteiger charge is 2.42. The van der Waals surface area contributed by atoms with Crippen LogP contribution in [0.15, 0.2) is 54.6 Å². The lowest BCUT2D eigenvalue weighted by atomic mass is 9.72. The van der Waals surface area contributed by atoms with Crippen LogP contribution in [0, 0.1) is 5.92 Å². The Balaban J connectivity index is 1.78. The lowest BCUT2D eigenvalue weighted by Crippen LogP contribution is -2.51. The van der Waals surface area contributed by atoms with Gasteiger partial charge in [-0.05, 0) is 42.0 Å². The Morgan fingerprint density at radius 2 is 1.70 bits per heavy atom. The van der Waals surface area contributed by atoms with Gasteiger partial charge in [0.15, 0.2) is 0 Å². The molecule has 1 saturated heterocycles. The Morgan fingerprint density at radius 1 is 1.03 bits per heavy atom. The highest BCUT2D eigenvalue weighted by atomic mass is 16.2. The van der Waals surface area contributed by atoms with Crippen molar-refractivity contribution in [1.82, 2.24) is 10.6 Å². The first-order chi connectivity index (χ1) is 15.7.